The van der Waals surface area contributed by atoms with Crippen LogP contribution in [0.3, 0.4) is 0 Å². The summed E-state index contributed by atoms with van der Waals surface area (Å²) in [5.41, 5.74) is 3.81. The first kappa shape index (κ1) is 13.2. The molecule has 0 bridgehead atoms. The molecule has 2 aromatic carbocycles. The largest absolute Gasteiger partial charge is 0.271 e. The van der Waals surface area contributed by atoms with E-state index < -0.39 is 4.92 Å². The van der Waals surface area contributed by atoms with Crippen molar-refractivity contribution in [2.45, 2.75) is 0 Å². The third kappa shape index (κ3) is 3.14. The average Bonchev–Trinajstić information content (AvgIpc) is 2.48. The number of nitrogens with one attached hydrogen (secondary N) is 1. The standard InChI is InChI=1S/C13H9N5O2/c14-9-10-4-1-2-7-13(10)16-17-15-11-5-3-6-12(8-11)18(19)20/h1-8H,(H,15,16). The summed E-state index contributed by atoms with van der Waals surface area (Å²) in [7, 11) is 0. The van der Waals surface area contributed by atoms with E-state index in [0.717, 1.165) is 0 Å². The molecule has 7 nitrogen and oxygen atoms in total. The first-order chi connectivity index (χ1) is 9.70. The molecule has 0 aliphatic heterocycles. The van der Waals surface area contributed by atoms with Crippen LogP contribution in [0.5, 0.6) is 0 Å². The minimum Gasteiger partial charge on any atom is -0.260 e. The van der Waals surface area contributed by atoms with Gasteiger partial charge in [-0.2, -0.15) is 5.26 Å². The van der Waals surface area contributed by atoms with E-state index in [-0.39, 0.29) is 5.69 Å². The molecule has 0 amide bonds. The van der Waals surface area contributed by atoms with E-state index in [9.17, 15) is 10.1 Å². The Hall–Kier alpha value is -3.27. The van der Waals surface area contributed by atoms with Gasteiger partial charge in [-0.25, -0.2) is 0 Å². The van der Waals surface area contributed by atoms with Crippen molar-refractivity contribution in [1.29, 1.82) is 5.26 Å². The fraction of sp³-hybridized carbons (Fsp3) is 0. The zero-order valence-electron chi connectivity index (χ0n) is 10.2. The Morgan fingerprint density at radius 1 is 1.20 bits per heavy atom. The van der Waals surface area contributed by atoms with Gasteiger partial charge in [0.15, 0.2) is 0 Å². The molecule has 0 aromatic heterocycles. The van der Waals surface area contributed by atoms with E-state index in [0.29, 0.717) is 16.9 Å². The minimum atomic E-state index is -0.493. The first-order valence-electron chi connectivity index (χ1n) is 5.61. The molecule has 7 heteroatoms. The molecule has 0 saturated heterocycles. The van der Waals surface area contributed by atoms with Gasteiger partial charge in [-0.05, 0) is 18.2 Å². The summed E-state index contributed by atoms with van der Waals surface area (Å²) in [6.45, 7) is 0. The summed E-state index contributed by atoms with van der Waals surface area (Å²) in [5, 5.41) is 27.1. The van der Waals surface area contributed by atoms with E-state index in [1.165, 1.54) is 12.1 Å². The van der Waals surface area contributed by atoms with Gasteiger partial charge in [0.25, 0.3) is 5.69 Å². The normalized spacial score (nSPS) is 10.2. The van der Waals surface area contributed by atoms with Crippen LogP contribution in [0.15, 0.2) is 58.9 Å². The monoisotopic (exact) mass is 267 g/mol. The van der Waals surface area contributed by atoms with E-state index in [4.69, 9.17) is 5.26 Å². The summed E-state index contributed by atoms with van der Waals surface area (Å²) in [6.07, 6.45) is 0. The lowest BCUT2D eigenvalue weighted by molar-refractivity contribution is -0.384. The molecule has 0 fully saturated rings. The van der Waals surface area contributed by atoms with Crippen molar-refractivity contribution in [3.63, 3.8) is 0 Å². The summed E-state index contributed by atoms with van der Waals surface area (Å²) in [4.78, 5) is 10.1. The zero-order valence-corrected chi connectivity index (χ0v) is 10.2. The van der Waals surface area contributed by atoms with Crippen molar-refractivity contribution in [3.05, 3.63) is 64.2 Å². The van der Waals surface area contributed by atoms with E-state index in [2.05, 4.69) is 15.8 Å². The number of non-ortho nitro benzene ring substituents is 1. The number of nitro benzene ring substituents is 1. The Labute approximate surface area is 114 Å². The Bertz CT molecular complexity index is 706. The molecule has 1 N–H and O–H groups in total. The maximum absolute atomic E-state index is 10.6. The Morgan fingerprint density at radius 3 is 2.75 bits per heavy atom. The minimum absolute atomic E-state index is 0.0392. The molecule has 0 aliphatic carbocycles. The predicted octanol–water partition coefficient (Wildman–Crippen LogP) is 3.58. The van der Waals surface area contributed by atoms with Crippen LogP contribution < -0.4 is 5.43 Å². The number of nitriles is 1. The molecule has 20 heavy (non-hydrogen) atoms. The molecule has 0 spiro atoms. The molecule has 0 atom stereocenters. The van der Waals surface area contributed by atoms with Gasteiger partial charge >= 0.3 is 0 Å². The molecule has 2 aromatic rings. The van der Waals surface area contributed by atoms with Crippen LogP contribution in [-0.2, 0) is 0 Å². The maximum atomic E-state index is 10.6. The lowest BCUT2D eigenvalue weighted by Crippen LogP contribution is -1.91. The summed E-state index contributed by atoms with van der Waals surface area (Å²) in [6, 6.07) is 14.6. The lowest BCUT2D eigenvalue weighted by atomic mass is 10.2. The topological polar surface area (TPSA) is 104 Å². The number of benzene rings is 2. The summed E-state index contributed by atoms with van der Waals surface area (Å²) >= 11 is 0. The van der Waals surface area contributed by atoms with Crippen LogP contribution in [0.2, 0.25) is 0 Å². The predicted molar refractivity (Wildman–Crippen MR) is 72.4 cm³/mol. The SMILES string of the molecule is N#Cc1ccccc1N=NNc1cccc([N+](=O)[O-])c1. The van der Waals surface area contributed by atoms with Crippen molar-refractivity contribution in [2.75, 3.05) is 5.43 Å². The number of anilines is 1. The maximum Gasteiger partial charge on any atom is 0.271 e. The van der Waals surface area contributed by atoms with E-state index >= 15 is 0 Å². The Kier molecular flexibility index (Phi) is 3.99. The summed E-state index contributed by atoms with van der Waals surface area (Å²) in [5.74, 6) is 0. The molecule has 0 radical (unpaired) electrons. The number of hydrogen-bond acceptors (Lipinski definition) is 5. The lowest BCUT2D eigenvalue weighted by Gasteiger charge is -1.99. The van der Waals surface area contributed by atoms with Gasteiger partial charge in [-0.15, -0.1) is 5.11 Å². The first-order valence-corrected chi connectivity index (χ1v) is 5.61. The van der Waals surface area contributed by atoms with Crippen molar-refractivity contribution in [3.8, 4) is 6.07 Å². The second-order valence-corrected chi connectivity index (χ2v) is 3.75. The highest BCUT2D eigenvalue weighted by molar-refractivity contribution is 5.53. The van der Waals surface area contributed by atoms with Crippen LogP contribution in [0.25, 0.3) is 0 Å². The van der Waals surface area contributed by atoms with Crippen LogP contribution in [0.1, 0.15) is 5.56 Å². The van der Waals surface area contributed by atoms with Crippen LogP contribution in [-0.4, -0.2) is 4.92 Å². The molecule has 2 rings (SSSR count). The van der Waals surface area contributed by atoms with Gasteiger partial charge in [-0.3, -0.25) is 15.5 Å². The van der Waals surface area contributed by atoms with E-state index in [1.807, 2.05) is 6.07 Å². The third-order valence-corrected chi connectivity index (χ3v) is 2.42. The summed E-state index contributed by atoms with van der Waals surface area (Å²) < 4.78 is 0. The number of rotatable bonds is 4. The zero-order chi connectivity index (χ0) is 14.4. The van der Waals surface area contributed by atoms with Crippen LogP contribution in [0.4, 0.5) is 17.1 Å². The fourth-order valence-electron chi connectivity index (χ4n) is 1.48. The van der Waals surface area contributed by atoms with Gasteiger partial charge in [-0.1, -0.05) is 23.4 Å². The number of nitro groups is 1. The molecule has 0 aliphatic rings. The van der Waals surface area contributed by atoms with Gasteiger partial charge in [0.2, 0.25) is 0 Å². The molecule has 0 saturated carbocycles. The Balaban J connectivity index is 2.12. The van der Waals surface area contributed by atoms with Gasteiger partial charge in [0, 0.05) is 12.1 Å². The van der Waals surface area contributed by atoms with E-state index in [1.54, 1.807) is 36.4 Å². The van der Waals surface area contributed by atoms with Crippen molar-refractivity contribution < 1.29 is 4.92 Å². The molecular weight excluding hydrogens is 258 g/mol. The second-order valence-electron chi connectivity index (χ2n) is 3.75. The van der Waals surface area contributed by atoms with Gasteiger partial charge < -0.3 is 0 Å². The Morgan fingerprint density at radius 2 is 2.00 bits per heavy atom. The number of hydrogen-bond donors (Lipinski definition) is 1. The average molecular weight is 267 g/mol. The molecule has 0 unspecified atom stereocenters. The highest BCUT2D eigenvalue weighted by Gasteiger charge is 2.04. The second kappa shape index (κ2) is 6.06. The molecule has 98 valence electrons. The van der Waals surface area contributed by atoms with Crippen molar-refractivity contribution in [1.82, 2.24) is 0 Å². The quantitative estimate of drug-likeness (QED) is 0.519. The smallest absolute Gasteiger partial charge is 0.260 e. The highest BCUT2D eigenvalue weighted by atomic mass is 16.6. The highest BCUT2D eigenvalue weighted by Crippen LogP contribution is 2.20. The van der Waals surface area contributed by atoms with Gasteiger partial charge in [0.05, 0.1) is 16.2 Å². The number of nitrogens with zero attached hydrogens (tertiary/aromatic N) is 4. The van der Waals surface area contributed by atoms with Crippen molar-refractivity contribution >= 4 is 17.1 Å². The van der Waals surface area contributed by atoms with Crippen molar-refractivity contribution in [2.24, 2.45) is 10.3 Å². The molecule has 0 heterocycles. The third-order valence-electron chi connectivity index (χ3n) is 2.42. The van der Waals surface area contributed by atoms with Crippen LogP contribution >= 0.6 is 0 Å². The fourth-order valence-corrected chi connectivity index (χ4v) is 1.48. The van der Waals surface area contributed by atoms with Gasteiger partial charge in [0.1, 0.15) is 11.8 Å². The molecular formula is C13H9N5O2. The van der Waals surface area contributed by atoms with Crippen LogP contribution in [0, 0.1) is 21.4 Å².